The van der Waals surface area contributed by atoms with E-state index in [0.717, 1.165) is 5.56 Å². The Labute approximate surface area is 185 Å². The molecule has 3 rings (SSSR count). The molecular formula is C22H22ClNO6S. The molecule has 0 aliphatic carbocycles. The standard InChI is InChI=1S/C22H22ClNO6S/c1-4-5-18(24-31(27,28)15-8-6-13(2)7-9-15)22(26)30-20-12-19-16(11-17(20)23)14(3)10-21(25)29-19/h6-12,18,24H,4-5H2,1-3H3/t18-/m1/s1. The molecule has 9 heteroatoms. The van der Waals surface area contributed by atoms with Crippen molar-refractivity contribution in [3.05, 3.63) is 69.0 Å². The van der Waals surface area contributed by atoms with Gasteiger partial charge >= 0.3 is 11.6 Å². The fourth-order valence-corrected chi connectivity index (χ4v) is 4.49. The van der Waals surface area contributed by atoms with Crippen LogP contribution in [0.15, 0.2) is 56.6 Å². The number of esters is 1. The second-order valence-corrected chi connectivity index (χ2v) is 9.35. The van der Waals surface area contributed by atoms with Crippen LogP contribution >= 0.6 is 11.6 Å². The monoisotopic (exact) mass is 463 g/mol. The Hall–Kier alpha value is -2.68. The number of ether oxygens (including phenoxy) is 1. The zero-order valence-electron chi connectivity index (χ0n) is 17.3. The Kier molecular flexibility index (Phi) is 6.83. The van der Waals surface area contributed by atoms with Gasteiger partial charge in [0.25, 0.3) is 0 Å². The van der Waals surface area contributed by atoms with Gasteiger partial charge in [0, 0.05) is 17.5 Å². The Bertz CT molecular complexity index is 1280. The molecule has 3 aromatic rings. The maximum Gasteiger partial charge on any atom is 0.336 e. The summed E-state index contributed by atoms with van der Waals surface area (Å²) < 4.78 is 38.4. The number of rotatable bonds is 7. The van der Waals surface area contributed by atoms with Gasteiger partial charge in [-0.2, -0.15) is 4.72 Å². The van der Waals surface area contributed by atoms with E-state index in [1.54, 1.807) is 19.1 Å². The summed E-state index contributed by atoms with van der Waals surface area (Å²) in [6.07, 6.45) is 0.763. The van der Waals surface area contributed by atoms with E-state index in [4.69, 9.17) is 20.8 Å². The van der Waals surface area contributed by atoms with Crippen molar-refractivity contribution < 1.29 is 22.4 Å². The summed E-state index contributed by atoms with van der Waals surface area (Å²) >= 11 is 6.25. The first kappa shape index (κ1) is 23.0. The van der Waals surface area contributed by atoms with Crippen molar-refractivity contribution in [3.8, 4) is 5.75 Å². The van der Waals surface area contributed by atoms with Gasteiger partial charge in [0.2, 0.25) is 10.0 Å². The van der Waals surface area contributed by atoms with E-state index in [-0.39, 0.29) is 27.7 Å². The minimum atomic E-state index is -3.94. The summed E-state index contributed by atoms with van der Waals surface area (Å²) in [4.78, 5) is 24.5. The van der Waals surface area contributed by atoms with E-state index < -0.39 is 27.7 Å². The molecule has 0 aliphatic heterocycles. The lowest BCUT2D eigenvalue weighted by Crippen LogP contribution is -2.42. The SMILES string of the molecule is CCC[C@@H](NS(=O)(=O)c1ccc(C)cc1)C(=O)Oc1cc2oc(=O)cc(C)c2cc1Cl. The zero-order valence-corrected chi connectivity index (χ0v) is 18.8. The molecule has 0 saturated heterocycles. The predicted molar refractivity (Wildman–Crippen MR) is 118 cm³/mol. The molecule has 0 unspecified atom stereocenters. The summed E-state index contributed by atoms with van der Waals surface area (Å²) in [7, 11) is -3.94. The molecule has 7 nitrogen and oxygen atoms in total. The topological polar surface area (TPSA) is 103 Å². The Morgan fingerprint density at radius 1 is 1.16 bits per heavy atom. The van der Waals surface area contributed by atoms with Crippen LogP contribution in [0.2, 0.25) is 5.02 Å². The van der Waals surface area contributed by atoms with Crippen molar-refractivity contribution in [1.29, 1.82) is 0 Å². The molecule has 0 spiro atoms. The molecule has 0 fully saturated rings. The molecule has 31 heavy (non-hydrogen) atoms. The molecule has 2 aromatic carbocycles. The predicted octanol–water partition coefficient (Wildman–Crippen LogP) is 4.12. The lowest BCUT2D eigenvalue weighted by atomic mass is 10.1. The average molecular weight is 464 g/mol. The highest BCUT2D eigenvalue weighted by Gasteiger charge is 2.27. The first-order valence-electron chi connectivity index (χ1n) is 9.65. The van der Waals surface area contributed by atoms with Gasteiger partial charge in [-0.1, -0.05) is 42.6 Å². The minimum absolute atomic E-state index is 0.0245. The summed E-state index contributed by atoms with van der Waals surface area (Å²) in [6.45, 7) is 5.40. The maximum atomic E-state index is 12.8. The van der Waals surface area contributed by atoms with Crippen LogP contribution in [0.1, 0.15) is 30.9 Å². The van der Waals surface area contributed by atoms with Gasteiger partial charge in [-0.25, -0.2) is 18.0 Å². The molecule has 0 aliphatic rings. The number of fused-ring (bicyclic) bond motifs is 1. The first-order chi connectivity index (χ1) is 14.6. The number of aryl methyl sites for hydroxylation is 2. The van der Waals surface area contributed by atoms with Crippen LogP contribution in [0, 0.1) is 13.8 Å². The zero-order chi connectivity index (χ0) is 22.8. The van der Waals surface area contributed by atoms with Crippen molar-refractivity contribution in [2.24, 2.45) is 0 Å². The molecule has 1 atom stereocenters. The summed E-state index contributed by atoms with van der Waals surface area (Å²) in [6, 6.07) is 9.38. The molecule has 164 valence electrons. The number of carbonyl (C=O) groups is 1. The van der Waals surface area contributed by atoms with Gasteiger partial charge in [-0.3, -0.25) is 0 Å². The van der Waals surface area contributed by atoms with Crippen LogP contribution < -0.4 is 15.1 Å². The van der Waals surface area contributed by atoms with Gasteiger partial charge in [-0.05, 0) is 44.0 Å². The Morgan fingerprint density at radius 3 is 2.48 bits per heavy atom. The van der Waals surface area contributed by atoms with Crippen LogP contribution in [0.3, 0.4) is 0 Å². The number of nitrogens with one attached hydrogen (secondary N) is 1. The maximum absolute atomic E-state index is 12.8. The number of halogens is 1. The molecule has 0 bridgehead atoms. The summed E-state index contributed by atoms with van der Waals surface area (Å²) in [5.74, 6) is -0.836. The van der Waals surface area contributed by atoms with Crippen molar-refractivity contribution >= 4 is 38.6 Å². The van der Waals surface area contributed by atoms with Gasteiger partial charge < -0.3 is 9.15 Å². The normalized spacial score (nSPS) is 12.6. The highest BCUT2D eigenvalue weighted by Crippen LogP contribution is 2.31. The highest BCUT2D eigenvalue weighted by molar-refractivity contribution is 7.89. The number of benzene rings is 2. The lowest BCUT2D eigenvalue weighted by molar-refractivity contribution is -0.136. The van der Waals surface area contributed by atoms with Gasteiger partial charge in [0.05, 0.1) is 9.92 Å². The van der Waals surface area contributed by atoms with Crippen LogP contribution in [0.4, 0.5) is 0 Å². The van der Waals surface area contributed by atoms with Gasteiger partial charge in [0.1, 0.15) is 11.6 Å². The summed E-state index contributed by atoms with van der Waals surface area (Å²) in [5.41, 5.74) is 1.25. The smallest absolute Gasteiger partial charge is 0.336 e. The number of hydrogen-bond acceptors (Lipinski definition) is 6. The Balaban J connectivity index is 1.87. The molecule has 0 saturated carbocycles. The van der Waals surface area contributed by atoms with Gasteiger partial charge in [0.15, 0.2) is 5.75 Å². The molecule has 1 N–H and O–H groups in total. The van der Waals surface area contributed by atoms with E-state index in [1.165, 1.54) is 30.3 Å². The molecule has 0 amide bonds. The third kappa shape index (κ3) is 5.33. The lowest BCUT2D eigenvalue weighted by Gasteiger charge is -2.18. The fraction of sp³-hybridized carbons (Fsp3) is 0.273. The molecule has 1 aromatic heterocycles. The van der Waals surface area contributed by atoms with E-state index in [1.807, 2.05) is 13.8 Å². The average Bonchev–Trinajstić information content (AvgIpc) is 2.69. The van der Waals surface area contributed by atoms with Crippen LogP contribution in [0.25, 0.3) is 11.0 Å². The van der Waals surface area contributed by atoms with Gasteiger partial charge in [-0.15, -0.1) is 0 Å². The van der Waals surface area contributed by atoms with Crippen LogP contribution in [-0.2, 0) is 14.8 Å². The molecule has 1 heterocycles. The third-order valence-corrected chi connectivity index (χ3v) is 6.49. The number of sulfonamides is 1. The van der Waals surface area contributed by atoms with Crippen molar-refractivity contribution in [3.63, 3.8) is 0 Å². The Morgan fingerprint density at radius 2 is 1.84 bits per heavy atom. The second-order valence-electron chi connectivity index (χ2n) is 7.22. The quantitative estimate of drug-likeness (QED) is 0.321. The van der Waals surface area contributed by atoms with E-state index >= 15 is 0 Å². The van der Waals surface area contributed by atoms with E-state index in [9.17, 15) is 18.0 Å². The number of carbonyl (C=O) groups excluding carboxylic acids is 1. The van der Waals surface area contributed by atoms with Crippen LogP contribution in [0.5, 0.6) is 5.75 Å². The highest BCUT2D eigenvalue weighted by atomic mass is 35.5. The fourth-order valence-electron chi connectivity index (χ4n) is 3.06. The summed E-state index contributed by atoms with van der Waals surface area (Å²) in [5, 5.41) is 0.740. The van der Waals surface area contributed by atoms with E-state index in [0.29, 0.717) is 17.4 Å². The number of hydrogen-bond donors (Lipinski definition) is 1. The minimum Gasteiger partial charge on any atom is -0.424 e. The largest absolute Gasteiger partial charge is 0.424 e. The first-order valence-corrected chi connectivity index (χ1v) is 11.5. The molecular weight excluding hydrogens is 442 g/mol. The molecule has 0 radical (unpaired) electrons. The second kappa shape index (κ2) is 9.21. The van der Waals surface area contributed by atoms with Crippen molar-refractivity contribution in [2.75, 3.05) is 0 Å². The van der Waals surface area contributed by atoms with Crippen molar-refractivity contribution in [2.45, 2.75) is 44.6 Å². The van der Waals surface area contributed by atoms with Crippen molar-refractivity contribution in [1.82, 2.24) is 4.72 Å². The third-order valence-electron chi connectivity index (χ3n) is 4.70. The van der Waals surface area contributed by atoms with Crippen LogP contribution in [-0.4, -0.2) is 20.4 Å². The van der Waals surface area contributed by atoms with E-state index in [2.05, 4.69) is 4.72 Å².